The van der Waals surface area contributed by atoms with E-state index in [1.54, 1.807) is 14.2 Å². The molecule has 1 heterocycles. The number of hydrogen-bond acceptors (Lipinski definition) is 4. The van der Waals surface area contributed by atoms with Crippen LogP contribution >= 0.6 is 15.9 Å². The molecule has 0 N–H and O–H groups in total. The first-order chi connectivity index (χ1) is 8.24. The van der Waals surface area contributed by atoms with Crippen LogP contribution in [0.2, 0.25) is 0 Å². The van der Waals surface area contributed by atoms with E-state index in [0.29, 0.717) is 13.2 Å². The lowest BCUT2D eigenvalue weighted by molar-refractivity contribution is 0.104. The number of rotatable bonds is 6. The second-order valence-electron chi connectivity index (χ2n) is 3.78. The van der Waals surface area contributed by atoms with E-state index in [0.717, 1.165) is 28.1 Å². The van der Waals surface area contributed by atoms with Crippen LogP contribution < -0.4 is 9.47 Å². The standard InChI is InChI=1S/C12H15BrO4/c1-14-10-3-8(4-11(15-2)12(10)13)5-16-6-9-7-17-9/h3-4,9H,5-7H2,1-2H3/t9-/m1/s1. The van der Waals surface area contributed by atoms with Gasteiger partial charge in [-0.2, -0.15) is 0 Å². The van der Waals surface area contributed by atoms with Crippen molar-refractivity contribution in [2.24, 2.45) is 0 Å². The predicted octanol–water partition coefficient (Wildman–Crippen LogP) is 2.38. The molecule has 0 radical (unpaired) electrons. The minimum Gasteiger partial charge on any atom is -0.495 e. The van der Waals surface area contributed by atoms with Gasteiger partial charge < -0.3 is 18.9 Å². The number of halogens is 1. The van der Waals surface area contributed by atoms with Gasteiger partial charge in [0.25, 0.3) is 0 Å². The van der Waals surface area contributed by atoms with Gasteiger partial charge in [0.1, 0.15) is 22.1 Å². The summed E-state index contributed by atoms with van der Waals surface area (Å²) in [4.78, 5) is 0. The second kappa shape index (κ2) is 5.71. The highest BCUT2D eigenvalue weighted by Gasteiger charge is 2.22. The average molecular weight is 303 g/mol. The number of hydrogen-bond donors (Lipinski definition) is 0. The van der Waals surface area contributed by atoms with Crippen LogP contribution in [0.1, 0.15) is 5.56 Å². The molecule has 94 valence electrons. The van der Waals surface area contributed by atoms with Crippen LogP contribution in [0.5, 0.6) is 11.5 Å². The van der Waals surface area contributed by atoms with Gasteiger partial charge in [-0.1, -0.05) is 0 Å². The molecule has 2 rings (SSSR count). The molecule has 4 nitrogen and oxygen atoms in total. The summed E-state index contributed by atoms with van der Waals surface area (Å²) in [7, 11) is 3.25. The van der Waals surface area contributed by atoms with Crippen molar-refractivity contribution in [3.63, 3.8) is 0 Å². The van der Waals surface area contributed by atoms with E-state index in [2.05, 4.69) is 15.9 Å². The van der Waals surface area contributed by atoms with Crippen LogP contribution in [0.15, 0.2) is 16.6 Å². The van der Waals surface area contributed by atoms with Gasteiger partial charge >= 0.3 is 0 Å². The molecule has 1 aromatic carbocycles. The van der Waals surface area contributed by atoms with Crippen molar-refractivity contribution in [2.75, 3.05) is 27.4 Å². The fourth-order valence-electron chi connectivity index (χ4n) is 1.48. The van der Waals surface area contributed by atoms with Crippen molar-refractivity contribution < 1.29 is 18.9 Å². The van der Waals surface area contributed by atoms with Crippen molar-refractivity contribution in [3.05, 3.63) is 22.2 Å². The predicted molar refractivity (Wildman–Crippen MR) is 66.6 cm³/mol. The van der Waals surface area contributed by atoms with Crippen LogP contribution in [0, 0.1) is 0 Å². The quantitative estimate of drug-likeness (QED) is 0.757. The Bertz CT molecular complexity index is 365. The molecule has 0 saturated carbocycles. The van der Waals surface area contributed by atoms with Gasteiger partial charge in [0.15, 0.2) is 0 Å². The Morgan fingerprint density at radius 3 is 2.35 bits per heavy atom. The molecule has 1 fully saturated rings. The van der Waals surface area contributed by atoms with Gasteiger partial charge in [0, 0.05) is 0 Å². The van der Waals surface area contributed by atoms with Crippen LogP contribution in [0.3, 0.4) is 0 Å². The molecule has 0 aliphatic carbocycles. The number of benzene rings is 1. The molecule has 0 bridgehead atoms. The average Bonchev–Trinajstić information content (AvgIpc) is 3.15. The first-order valence-corrected chi connectivity index (χ1v) is 6.13. The van der Waals surface area contributed by atoms with Crippen molar-refractivity contribution in [3.8, 4) is 11.5 Å². The van der Waals surface area contributed by atoms with E-state index in [-0.39, 0.29) is 6.10 Å². The normalized spacial score (nSPS) is 17.9. The third-order valence-corrected chi connectivity index (χ3v) is 3.26. The lowest BCUT2D eigenvalue weighted by atomic mass is 10.2. The third kappa shape index (κ3) is 3.34. The summed E-state index contributed by atoms with van der Waals surface area (Å²) in [6.07, 6.45) is 0.286. The van der Waals surface area contributed by atoms with Crippen LogP contribution in [0.25, 0.3) is 0 Å². The zero-order chi connectivity index (χ0) is 12.3. The summed E-state index contributed by atoms with van der Waals surface area (Å²) in [6, 6.07) is 3.86. The highest BCUT2D eigenvalue weighted by molar-refractivity contribution is 9.10. The van der Waals surface area contributed by atoms with Crippen molar-refractivity contribution in [1.29, 1.82) is 0 Å². The molecule has 0 spiro atoms. The molecule has 1 aliphatic rings. The Morgan fingerprint density at radius 2 is 1.88 bits per heavy atom. The summed E-state index contributed by atoms with van der Waals surface area (Å²) in [5.74, 6) is 1.48. The molecule has 5 heteroatoms. The Labute approximate surface area is 109 Å². The molecule has 17 heavy (non-hydrogen) atoms. The SMILES string of the molecule is COc1cc(COC[C@@H]2CO2)cc(OC)c1Br. The fraction of sp³-hybridized carbons (Fsp3) is 0.500. The molecule has 0 aromatic heterocycles. The fourth-order valence-corrected chi connectivity index (χ4v) is 2.03. The van der Waals surface area contributed by atoms with E-state index in [1.807, 2.05) is 12.1 Å². The maximum atomic E-state index is 5.53. The maximum Gasteiger partial charge on any atom is 0.137 e. The van der Waals surface area contributed by atoms with Gasteiger partial charge in [0.05, 0.1) is 34.0 Å². The Balaban J connectivity index is 2.03. The number of epoxide rings is 1. The summed E-state index contributed by atoms with van der Waals surface area (Å²) in [5, 5.41) is 0. The number of ether oxygens (including phenoxy) is 4. The van der Waals surface area contributed by atoms with Gasteiger partial charge in [-0.3, -0.25) is 0 Å². The Morgan fingerprint density at radius 1 is 1.29 bits per heavy atom. The van der Waals surface area contributed by atoms with Crippen molar-refractivity contribution in [1.82, 2.24) is 0 Å². The maximum absolute atomic E-state index is 5.53. The minimum atomic E-state index is 0.286. The highest BCUT2D eigenvalue weighted by atomic mass is 79.9. The van der Waals surface area contributed by atoms with Gasteiger partial charge in [-0.15, -0.1) is 0 Å². The van der Waals surface area contributed by atoms with E-state index in [4.69, 9.17) is 18.9 Å². The molecule has 1 saturated heterocycles. The molecule has 1 atom stereocenters. The molecule has 1 aliphatic heterocycles. The third-order valence-electron chi connectivity index (χ3n) is 2.48. The Kier molecular flexibility index (Phi) is 4.25. The zero-order valence-corrected chi connectivity index (χ0v) is 11.5. The highest BCUT2D eigenvalue weighted by Crippen LogP contribution is 2.35. The molecular weight excluding hydrogens is 288 g/mol. The summed E-state index contributed by atoms with van der Waals surface area (Å²) >= 11 is 3.43. The minimum absolute atomic E-state index is 0.286. The van der Waals surface area contributed by atoms with Crippen LogP contribution in [-0.2, 0) is 16.1 Å². The van der Waals surface area contributed by atoms with Gasteiger partial charge in [-0.05, 0) is 33.6 Å². The lowest BCUT2D eigenvalue weighted by Gasteiger charge is -2.11. The van der Waals surface area contributed by atoms with Gasteiger partial charge in [-0.25, -0.2) is 0 Å². The van der Waals surface area contributed by atoms with E-state index in [9.17, 15) is 0 Å². The topological polar surface area (TPSA) is 40.2 Å². The largest absolute Gasteiger partial charge is 0.495 e. The smallest absolute Gasteiger partial charge is 0.137 e. The Hall–Kier alpha value is -0.780. The van der Waals surface area contributed by atoms with Crippen LogP contribution in [-0.4, -0.2) is 33.5 Å². The first kappa shape index (κ1) is 12.7. The van der Waals surface area contributed by atoms with E-state index >= 15 is 0 Å². The van der Waals surface area contributed by atoms with Crippen molar-refractivity contribution >= 4 is 15.9 Å². The molecule has 0 amide bonds. The summed E-state index contributed by atoms with van der Waals surface area (Å²) in [6.45, 7) is 1.98. The lowest BCUT2D eigenvalue weighted by Crippen LogP contribution is -2.02. The summed E-state index contributed by atoms with van der Waals surface area (Å²) < 4.78 is 21.9. The monoisotopic (exact) mass is 302 g/mol. The second-order valence-corrected chi connectivity index (χ2v) is 4.58. The van der Waals surface area contributed by atoms with E-state index in [1.165, 1.54) is 0 Å². The molecular formula is C12H15BrO4. The zero-order valence-electron chi connectivity index (χ0n) is 9.86. The number of methoxy groups -OCH3 is 2. The molecule has 0 unspecified atom stereocenters. The first-order valence-electron chi connectivity index (χ1n) is 5.34. The van der Waals surface area contributed by atoms with E-state index < -0.39 is 0 Å². The summed E-state index contributed by atoms with van der Waals surface area (Å²) in [5.41, 5.74) is 1.02. The molecule has 1 aromatic rings. The van der Waals surface area contributed by atoms with Crippen LogP contribution in [0.4, 0.5) is 0 Å². The van der Waals surface area contributed by atoms with Gasteiger partial charge in [0.2, 0.25) is 0 Å². The van der Waals surface area contributed by atoms with Crippen molar-refractivity contribution in [2.45, 2.75) is 12.7 Å².